The van der Waals surface area contributed by atoms with Gasteiger partial charge in [-0.3, -0.25) is 9.88 Å². The summed E-state index contributed by atoms with van der Waals surface area (Å²) in [5.41, 5.74) is 1.18. The molecule has 0 radical (unpaired) electrons. The summed E-state index contributed by atoms with van der Waals surface area (Å²) in [6.45, 7) is 6.08. The fraction of sp³-hybridized carbons (Fsp3) is 0.667. The highest BCUT2D eigenvalue weighted by Crippen LogP contribution is 2.21. The lowest BCUT2D eigenvalue weighted by Gasteiger charge is -2.32. The van der Waals surface area contributed by atoms with E-state index >= 15 is 0 Å². The van der Waals surface area contributed by atoms with Gasteiger partial charge in [-0.2, -0.15) is 0 Å². The van der Waals surface area contributed by atoms with Gasteiger partial charge in [0.05, 0.1) is 11.6 Å². The molecule has 0 aliphatic carbocycles. The van der Waals surface area contributed by atoms with Gasteiger partial charge in [-0.25, -0.2) is 0 Å². The summed E-state index contributed by atoms with van der Waals surface area (Å²) in [7, 11) is 1.74. The number of aromatic nitrogens is 1. The van der Waals surface area contributed by atoms with Crippen molar-refractivity contribution in [1.82, 2.24) is 15.2 Å². The molecule has 1 aliphatic heterocycles. The first kappa shape index (κ1) is 15.7. The molecule has 1 aromatic rings. The molecule has 2 heterocycles. The van der Waals surface area contributed by atoms with E-state index < -0.39 is 0 Å². The van der Waals surface area contributed by atoms with E-state index in [1.54, 1.807) is 13.3 Å². The van der Waals surface area contributed by atoms with Crippen molar-refractivity contribution in [3.63, 3.8) is 0 Å². The van der Waals surface area contributed by atoms with Crippen LogP contribution in [0.5, 0.6) is 0 Å². The standard InChI is InChI=1S/C15H24ClN3O/c1-20-9-6-18-10-13-3-7-19(8-4-13)12-14-2-5-17-11-15(14)16/h2,5,11,13,18H,3-4,6-10,12H2,1H3. The first-order valence-electron chi connectivity index (χ1n) is 7.30. The number of ether oxygens (including phenoxy) is 1. The largest absolute Gasteiger partial charge is 0.383 e. The average molecular weight is 298 g/mol. The molecule has 0 atom stereocenters. The summed E-state index contributed by atoms with van der Waals surface area (Å²) in [5, 5.41) is 4.23. The van der Waals surface area contributed by atoms with Gasteiger partial charge in [0.2, 0.25) is 0 Å². The lowest BCUT2D eigenvalue weighted by atomic mass is 9.96. The van der Waals surface area contributed by atoms with Crippen LogP contribution in [0.15, 0.2) is 18.5 Å². The Labute approximate surface area is 126 Å². The van der Waals surface area contributed by atoms with Gasteiger partial charge in [0.15, 0.2) is 0 Å². The smallest absolute Gasteiger partial charge is 0.0634 e. The van der Waals surface area contributed by atoms with Crippen LogP contribution in [0.2, 0.25) is 5.02 Å². The Balaban J connectivity index is 1.68. The van der Waals surface area contributed by atoms with E-state index in [1.165, 1.54) is 18.4 Å². The molecule has 1 N–H and O–H groups in total. The minimum atomic E-state index is 0.774. The van der Waals surface area contributed by atoms with Crippen LogP contribution >= 0.6 is 11.6 Å². The van der Waals surface area contributed by atoms with Crippen LogP contribution in [0.4, 0.5) is 0 Å². The van der Waals surface area contributed by atoms with E-state index in [1.807, 2.05) is 12.3 Å². The van der Waals surface area contributed by atoms with Crippen molar-refractivity contribution < 1.29 is 4.74 Å². The third kappa shape index (κ3) is 5.02. The highest BCUT2D eigenvalue weighted by atomic mass is 35.5. The van der Waals surface area contributed by atoms with Crippen LogP contribution < -0.4 is 5.32 Å². The van der Waals surface area contributed by atoms with Gasteiger partial charge in [-0.1, -0.05) is 11.6 Å². The number of pyridine rings is 1. The van der Waals surface area contributed by atoms with Crippen LogP contribution in [0.25, 0.3) is 0 Å². The predicted octanol–water partition coefficient (Wildman–Crippen LogP) is 2.18. The Kier molecular flexibility index (Phi) is 6.73. The van der Waals surface area contributed by atoms with Crippen molar-refractivity contribution in [3.05, 3.63) is 29.0 Å². The number of halogens is 1. The molecule has 0 aromatic carbocycles. The van der Waals surface area contributed by atoms with E-state index in [9.17, 15) is 0 Å². The Bertz CT molecular complexity index is 394. The third-order valence-electron chi connectivity index (χ3n) is 3.87. The van der Waals surface area contributed by atoms with Gasteiger partial charge in [0, 0.05) is 32.6 Å². The fourth-order valence-corrected chi connectivity index (χ4v) is 2.78. The Hall–Kier alpha value is -0.680. The van der Waals surface area contributed by atoms with Crippen molar-refractivity contribution in [3.8, 4) is 0 Å². The Morgan fingerprint density at radius 2 is 2.25 bits per heavy atom. The number of nitrogens with one attached hydrogen (secondary N) is 1. The lowest BCUT2D eigenvalue weighted by Crippen LogP contribution is -2.37. The van der Waals surface area contributed by atoms with Gasteiger partial charge in [-0.15, -0.1) is 0 Å². The molecule has 112 valence electrons. The summed E-state index contributed by atoms with van der Waals surface area (Å²) < 4.78 is 5.04. The van der Waals surface area contributed by atoms with Gasteiger partial charge in [-0.05, 0) is 50.0 Å². The van der Waals surface area contributed by atoms with E-state index in [4.69, 9.17) is 16.3 Å². The highest BCUT2D eigenvalue weighted by Gasteiger charge is 2.19. The number of piperidine rings is 1. The minimum Gasteiger partial charge on any atom is -0.383 e. The quantitative estimate of drug-likeness (QED) is 0.783. The molecule has 0 spiro atoms. The van der Waals surface area contributed by atoms with E-state index in [0.717, 1.165) is 50.3 Å². The molecule has 1 aromatic heterocycles. The van der Waals surface area contributed by atoms with Crippen molar-refractivity contribution in [2.24, 2.45) is 5.92 Å². The maximum Gasteiger partial charge on any atom is 0.0634 e. The van der Waals surface area contributed by atoms with E-state index in [-0.39, 0.29) is 0 Å². The molecule has 0 bridgehead atoms. The molecule has 20 heavy (non-hydrogen) atoms. The molecule has 0 saturated carbocycles. The number of likely N-dealkylation sites (tertiary alicyclic amines) is 1. The maximum atomic E-state index is 6.16. The summed E-state index contributed by atoms with van der Waals surface area (Å²) in [5.74, 6) is 0.788. The van der Waals surface area contributed by atoms with Crippen LogP contribution in [0.1, 0.15) is 18.4 Å². The first-order chi connectivity index (χ1) is 9.79. The van der Waals surface area contributed by atoms with E-state index in [2.05, 4.69) is 15.2 Å². The van der Waals surface area contributed by atoms with Gasteiger partial charge in [0.25, 0.3) is 0 Å². The first-order valence-corrected chi connectivity index (χ1v) is 7.68. The van der Waals surface area contributed by atoms with Gasteiger partial charge < -0.3 is 10.1 Å². The topological polar surface area (TPSA) is 37.4 Å². The number of nitrogens with zero attached hydrogens (tertiary/aromatic N) is 2. The zero-order chi connectivity index (χ0) is 14.2. The summed E-state index contributed by atoms with van der Waals surface area (Å²) in [6.07, 6.45) is 6.04. The van der Waals surface area contributed by atoms with Gasteiger partial charge in [0.1, 0.15) is 0 Å². The SMILES string of the molecule is COCCNCC1CCN(Cc2ccncc2Cl)CC1. The third-order valence-corrected chi connectivity index (χ3v) is 4.21. The Morgan fingerprint density at radius 3 is 2.95 bits per heavy atom. The monoisotopic (exact) mass is 297 g/mol. The lowest BCUT2D eigenvalue weighted by molar-refractivity contribution is 0.168. The van der Waals surface area contributed by atoms with Crippen LogP contribution in [0, 0.1) is 5.92 Å². The molecule has 0 amide bonds. The predicted molar refractivity (Wildman–Crippen MR) is 82.0 cm³/mol. The second kappa shape index (κ2) is 8.57. The number of methoxy groups -OCH3 is 1. The number of hydrogen-bond acceptors (Lipinski definition) is 4. The number of hydrogen-bond donors (Lipinski definition) is 1. The minimum absolute atomic E-state index is 0.774. The maximum absolute atomic E-state index is 6.16. The second-order valence-corrected chi connectivity index (χ2v) is 5.79. The fourth-order valence-electron chi connectivity index (χ4n) is 2.60. The van der Waals surface area contributed by atoms with Crippen LogP contribution in [-0.4, -0.2) is 49.8 Å². The molecule has 1 aliphatic rings. The van der Waals surface area contributed by atoms with E-state index in [0.29, 0.717) is 0 Å². The van der Waals surface area contributed by atoms with Crippen molar-refractivity contribution in [1.29, 1.82) is 0 Å². The molecule has 2 rings (SSSR count). The summed E-state index contributed by atoms with van der Waals surface area (Å²) in [4.78, 5) is 6.51. The Morgan fingerprint density at radius 1 is 1.45 bits per heavy atom. The average Bonchev–Trinajstić information content (AvgIpc) is 2.48. The molecular formula is C15H24ClN3O. The van der Waals surface area contributed by atoms with Gasteiger partial charge >= 0.3 is 0 Å². The van der Waals surface area contributed by atoms with Crippen molar-refractivity contribution in [2.45, 2.75) is 19.4 Å². The normalized spacial score (nSPS) is 17.5. The van der Waals surface area contributed by atoms with Crippen molar-refractivity contribution >= 4 is 11.6 Å². The molecule has 5 heteroatoms. The summed E-state index contributed by atoms with van der Waals surface area (Å²) in [6, 6.07) is 2.01. The zero-order valence-electron chi connectivity index (χ0n) is 12.1. The molecule has 0 unspecified atom stereocenters. The molecule has 1 saturated heterocycles. The highest BCUT2D eigenvalue weighted by molar-refractivity contribution is 6.31. The zero-order valence-corrected chi connectivity index (χ0v) is 12.9. The molecule has 4 nitrogen and oxygen atoms in total. The van der Waals surface area contributed by atoms with Crippen LogP contribution in [0.3, 0.4) is 0 Å². The van der Waals surface area contributed by atoms with Crippen molar-refractivity contribution in [2.75, 3.05) is 39.9 Å². The molecule has 1 fully saturated rings. The molecular weight excluding hydrogens is 274 g/mol. The summed E-state index contributed by atoms with van der Waals surface area (Å²) >= 11 is 6.16. The number of rotatable bonds is 7. The van der Waals surface area contributed by atoms with Crippen LogP contribution in [-0.2, 0) is 11.3 Å². The second-order valence-electron chi connectivity index (χ2n) is 5.38.